The van der Waals surface area contributed by atoms with Crippen LogP contribution in [0, 0.1) is 12.3 Å². The van der Waals surface area contributed by atoms with Crippen LogP contribution in [0.15, 0.2) is 42.7 Å². The Kier molecular flexibility index (Phi) is 6.62. The van der Waals surface area contributed by atoms with Gasteiger partial charge in [-0.1, -0.05) is 20.8 Å². The molecule has 33 heavy (non-hydrogen) atoms. The number of aromatic hydroxyl groups is 1. The Morgan fingerprint density at radius 2 is 2.00 bits per heavy atom. The Labute approximate surface area is 201 Å². The van der Waals surface area contributed by atoms with Crippen molar-refractivity contribution >= 4 is 49.4 Å². The van der Waals surface area contributed by atoms with Gasteiger partial charge in [-0.3, -0.25) is 9.79 Å². The van der Waals surface area contributed by atoms with Crippen molar-refractivity contribution in [3.8, 4) is 5.75 Å². The summed E-state index contributed by atoms with van der Waals surface area (Å²) in [6, 6.07) is 4.37. The maximum atomic E-state index is 12.5. The number of furan rings is 1. The predicted molar refractivity (Wildman–Crippen MR) is 130 cm³/mol. The van der Waals surface area contributed by atoms with Crippen LogP contribution >= 0.6 is 15.9 Å². The molecule has 0 spiro atoms. The van der Waals surface area contributed by atoms with Crippen molar-refractivity contribution in [2.24, 2.45) is 14.8 Å². The third kappa shape index (κ3) is 5.38. The monoisotopic (exact) mass is 539 g/mol. The molecule has 1 aliphatic rings. The summed E-state index contributed by atoms with van der Waals surface area (Å²) < 4.78 is 36.5. The van der Waals surface area contributed by atoms with Gasteiger partial charge in [-0.2, -0.15) is 8.42 Å². The summed E-state index contributed by atoms with van der Waals surface area (Å²) in [6.45, 7) is 7.74. The molecule has 0 bridgehead atoms. The number of aryl methyl sites for hydroxylation is 1. The number of amides is 1. The maximum Gasteiger partial charge on any atom is 0.345 e. The lowest BCUT2D eigenvalue weighted by atomic mass is 9.85. The zero-order valence-corrected chi connectivity index (χ0v) is 21.5. The van der Waals surface area contributed by atoms with Crippen molar-refractivity contribution in [1.82, 2.24) is 9.62 Å². The molecule has 0 fully saturated rings. The van der Waals surface area contributed by atoms with E-state index in [1.54, 1.807) is 26.4 Å². The summed E-state index contributed by atoms with van der Waals surface area (Å²) in [5.41, 5.74) is 0.615. The number of nitrogens with one attached hydrogen (secondary N) is 2. The molecule has 0 radical (unpaired) electrons. The second-order valence-electron chi connectivity index (χ2n) is 8.93. The summed E-state index contributed by atoms with van der Waals surface area (Å²) in [5, 5.41) is 13.5. The van der Waals surface area contributed by atoms with Crippen LogP contribution in [-0.4, -0.2) is 50.1 Å². The van der Waals surface area contributed by atoms with Gasteiger partial charge in [0.05, 0.1) is 17.5 Å². The summed E-state index contributed by atoms with van der Waals surface area (Å²) in [7, 11) is -0.935. The summed E-state index contributed by atoms with van der Waals surface area (Å²) in [4.78, 5) is 18.4. The van der Waals surface area contributed by atoms with Crippen LogP contribution < -0.4 is 10.0 Å². The Balaban J connectivity index is 2.05. The largest absolute Gasteiger partial charge is 0.505 e. The van der Waals surface area contributed by atoms with Gasteiger partial charge in [0.25, 0.3) is 5.91 Å². The van der Waals surface area contributed by atoms with Crippen molar-refractivity contribution < 1.29 is 22.7 Å². The standard InChI is InChI=1S/C21H26BrN5O5S/c1-11-9-14(32-10-11)17(21(2,3)4)24-19-18(25-33(30,31)26-19)23-13-8-7-12(22)15(16(13)28)20(29)27(5)6/h7-10,17,28H,1-6H3,(H,23,25)(H,24,26)/t17-/m0/s1. The molecule has 3 N–H and O–H groups in total. The molecule has 0 unspecified atom stereocenters. The predicted octanol–water partition coefficient (Wildman–Crippen LogP) is 3.60. The summed E-state index contributed by atoms with van der Waals surface area (Å²) in [6.07, 6.45) is 1.60. The number of hydrogen-bond acceptors (Lipinski definition) is 7. The maximum absolute atomic E-state index is 12.5. The molecule has 178 valence electrons. The third-order valence-corrected chi connectivity index (χ3v) is 6.30. The lowest BCUT2D eigenvalue weighted by molar-refractivity contribution is 0.0824. The minimum Gasteiger partial charge on any atom is -0.505 e. The Hall–Kier alpha value is -2.86. The van der Waals surface area contributed by atoms with Gasteiger partial charge in [-0.25, -0.2) is 4.72 Å². The molecule has 2 heterocycles. The number of halogens is 1. The van der Waals surface area contributed by atoms with Gasteiger partial charge in [-0.15, -0.1) is 4.40 Å². The first kappa shape index (κ1) is 24.8. The minimum absolute atomic E-state index is 0.0246. The van der Waals surface area contributed by atoms with Crippen LogP contribution in [0.4, 0.5) is 5.69 Å². The average Bonchev–Trinajstić information content (AvgIpc) is 3.22. The molecule has 1 aromatic carbocycles. The van der Waals surface area contributed by atoms with Crippen LogP contribution in [0.2, 0.25) is 0 Å². The van der Waals surface area contributed by atoms with Crippen LogP contribution in [0.5, 0.6) is 5.75 Å². The Morgan fingerprint density at radius 3 is 2.55 bits per heavy atom. The fourth-order valence-electron chi connectivity index (χ4n) is 3.16. The van der Waals surface area contributed by atoms with E-state index in [-0.39, 0.29) is 28.7 Å². The van der Waals surface area contributed by atoms with Crippen molar-refractivity contribution in [1.29, 1.82) is 0 Å². The van der Waals surface area contributed by atoms with Crippen molar-refractivity contribution in [3.63, 3.8) is 0 Å². The zero-order valence-electron chi connectivity index (χ0n) is 19.1. The van der Waals surface area contributed by atoms with Crippen molar-refractivity contribution in [2.45, 2.75) is 33.7 Å². The van der Waals surface area contributed by atoms with E-state index >= 15 is 0 Å². The normalized spacial score (nSPS) is 17.4. The minimum atomic E-state index is -4.05. The highest BCUT2D eigenvalue weighted by Gasteiger charge is 2.34. The molecular formula is C21H26BrN5O5S. The van der Waals surface area contributed by atoms with E-state index in [2.05, 4.69) is 35.4 Å². The fourth-order valence-corrected chi connectivity index (χ4v) is 4.46. The van der Waals surface area contributed by atoms with Gasteiger partial charge in [0.2, 0.25) is 0 Å². The van der Waals surface area contributed by atoms with Crippen LogP contribution in [0.1, 0.15) is 48.5 Å². The molecule has 2 aromatic rings. The second-order valence-corrected chi connectivity index (χ2v) is 11.1. The molecule has 3 rings (SSSR count). The second kappa shape index (κ2) is 8.82. The van der Waals surface area contributed by atoms with Gasteiger partial charge in [0.1, 0.15) is 11.8 Å². The fraction of sp³-hybridized carbons (Fsp3) is 0.381. The highest BCUT2D eigenvalue weighted by molar-refractivity contribution is 9.10. The lowest BCUT2D eigenvalue weighted by Crippen LogP contribution is -2.32. The number of aliphatic imine (C=N–C) groups is 1. The quantitative estimate of drug-likeness (QED) is 0.507. The first-order valence-electron chi connectivity index (χ1n) is 9.95. The van der Waals surface area contributed by atoms with E-state index in [1.165, 1.54) is 11.0 Å². The molecular weight excluding hydrogens is 514 g/mol. The highest BCUT2D eigenvalue weighted by Crippen LogP contribution is 2.38. The van der Waals surface area contributed by atoms with E-state index in [9.17, 15) is 18.3 Å². The van der Waals surface area contributed by atoms with Crippen molar-refractivity contribution in [2.75, 3.05) is 19.4 Å². The van der Waals surface area contributed by atoms with E-state index in [0.717, 1.165) is 5.56 Å². The first-order valence-corrected chi connectivity index (χ1v) is 12.2. The van der Waals surface area contributed by atoms with E-state index in [4.69, 9.17) is 4.42 Å². The highest BCUT2D eigenvalue weighted by atomic mass is 79.9. The number of benzene rings is 1. The number of rotatable bonds is 4. The third-order valence-electron chi connectivity index (χ3n) is 4.76. The van der Waals surface area contributed by atoms with Crippen LogP contribution in [-0.2, 0) is 10.2 Å². The number of anilines is 1. The Bertz CT molecular complexity index is 1260. The van der Waals surface area contributed by atoms with E-state index in [0.29, 0.717) is 10.2 Å². The number of hydrogen-bond donors (Lipinski definition) is 3. The lowest BCUT2D eigenvalue weighted by Gasteiger charge is -2.26. The molecule has 1 aliphatic heterocycles. The van der Waals surface area contributed by atoms with E-state index in [1.807, 2.05) is 33.8 Å². The number of phenolic OH excluding ortho intramolecular Hbond substituents is 1. The van der Waals surface area contributed by atoms with Crippen molar-refractivity contribution in [3.05, 3.63) is 45.8 Å². The van der Waals surface area contributed by atoms with Gasteiger partial charge < -0.3 is 19.7 Å². The number of nitrogens with zero attached hydrogens (tertiary/aromatic N) is 3. The zero-order chi connectivity index (χ0) is 24.7. The number of phenols is 1. The summed E-state index contributed by atoms with van der Waals surface area (Å²) >= 11 is 3.27. The molecule has 1 atom stereocenters. The van der Waals surface area contributed by atoms with Gasteiger partial charge in [0, 0.05) is 18.6 Å². The first-order chi connectivity index (χ1) is 15.2. The smallest absolute Gasteiger partial charge is 0.345 e. The molecule has 10 nitrogen and oxygen atoms in total. The average molecular weight is 540 g/mol. The topological polar surface area (TPSA) is 137 Å². The van der Waals surface area contributed by atoms with Gasteiger partial charge in [-0.05, 0) is 52.0 Å². The number of carbonyl (C=O) groups is 1. The molecule has 0 saturated carbocycles. The number of amidine groups is 2. The molecule has 1 aromatic heterocycles. The SMILES string of the molecule is Cc1coc([C@H](N=C2NS(=O)(=O)N=C2Nc2ccc(Br)c(C(=O)N(C)C)c2O)C(C)(C)C)c1. The van der Waals surface area contributed by atoms with Crippen LogP contribution in [0.3, 0.4) is 0 Å². The number of carbonyl (C=O) groups excluding carboxylic acids is 1. The molecule has 0 aliphatic carbocycles. The molecule has 1 amide bonds. The van der Waals surface area contributed by atoms with Gasteiger partial charge >= 0.3 is 10.2 Å². The van der Waals surface area contributed by atoms with Gasteiger partial charge in [0.15, 0.2) is 17.4 Å². The molecule has 0 saturated heterocycles. The summed E-state index contributed by atoms with van der Waals surface area (Å²) in [5.74, 6) is -0.371. The van der Waals surface area contributed by atoms with Crippen LogP contribution in [0.25, 0.3) is 0 Å². The van der Waals surface area contributed by atoms with E-state index < -0.39 is 27.6 Å². The molecule has 12 heteroatoms. The Morgan fingerprint density at radius 1 is 1.33 bits per heavy atom.